The third kappa shape index (κ3) is 2.75. The normalized spacial score (nSPS) is 10.6. The van der Waals surface area contributed by atoms with Gasteiger partial charge in [-0.25, -0.2) is 0 Å². The monoisotopic (exact) mass is 252 g/mol. The molecule has 0 spiro atoms. The van der Waals surface area contributed by atoms with E-state index in [9.17, 15) is 4.79 Å². The largest absolute Gasteiger partial charge is 0.477 e. The first-order chi connectivity index (χ1) is 8.72. The van der Waals surface area contributed by atoms with Gasteiger partial charge in [0.1, 0.15) is 18.6 Å². The Balaban J connectivity index is 2.04. The lowest BCUT2D eigenvalue weighted by Gasteiger charge is -2.01. The molecule has 0 saturated heterocycles. The van der Waals surface area contributed by atoms with Gasteiger partial charge in [-0.3, -0.25) is 4.79 Å². The number of nitrogens with zero attached hydrogens (tertiary/aromatic N) is 2. The summed E-state index contributed by atoms with van der Waals surface area (Å²) in [4.78, 5) is 15.6. The van der Waals surface area contributed by atoms with E-state index >= 15 is 0 Å². The molecule has 18 heavy (non-hydrogen) atoms. The number of aliphatic hydroxyl groups is 1. The summed E-state index contributed by atoms with van der Waals surface area (Å²) in [6, 6.07) is 1.17. The molecule has 0 amide bonds. The Morgan fingerprint density at radius 2 is 2.33 bits per heavy atom. The standard InChI is InChI=1S/C11H12N2O5/c1-2-10-12-11(18-13-10)6-17-9-5-16-7(4-14)3-8(9)15/h3,5,14H,2,4,6H2,1H3. The highest BCUT2D eigenvalue weighted by atomic mass is 16.5. The van der Waals surface area contributed by atoms with Crippen molar-refractivity contribution < 1.29 is 18.8 Å². The van der Waals surface area contributed by atoms with E-state index in [-0.39, 0.29) is 36.0 Å². The Bertz CT molecular complexity index is 575. The summed E-state index contributed by atoms with van der Waals surface area (Å²) in [6.07, 6.45) is 1.81. The molecule has 0 bridgehead atoms. The predicted molar refractivity (Wildman–Crippen MR) is 58.9 cm³/mol. The van der Waals surface area contributed by atoms with Crippen LogP contribution in [-0.2, 0) is 19.6 Å². The topological polar surface area (TPSA) is 98.6 Å². The van der Waals surface area contributed by atoms with Crippen LogP contribution >= 0.6 is 0 Å². The van der Waals surface area contributed by atoms with Crippen LogP contribution in [0.1, 0.15) is 24.4 Å². The number of ether oxygens (including phenoxy) is 1. The zero-order valence-corrected chi connectivity index (χ0v) is 9.75. The number of hydrogen-bond acceptors (Lipinski definition) is 7. The lowest BCUT2D eigenvalue weighted by Crippen LogP contribution is -2.08. The van der Waals surface area contributed by atoms with Crippen LogP contribution in [-0.4, -0.2) is 15.2 Å². The van der Waals surface area contributed by atoms with Gasteiger partial charge in [-0.15, -0.1) is 0 Å². The Hall–Kier alpha value is -2.15. The third-order valence-corrected chi connectivity index (χ3v) is 2.19. The van der Waals surface area contributed by atoms with E-state index in [4.69, 9.17) is 18.8 Å². The van der Waals surface area contributed by atoms with E-state index in [0.29, 0.717) is 12.2 Å². The Labute approximate surface area is 102 Å². The minimum absolute atomic E-state index is 0.00374. The lowest BCUT2D eigenvalue weighted by atomic mass is 10.4. The molecule has 7 nitrogen and oxygen atoms in total. The van der Waals surface area contributed by atoms with Crippen LogP contribution in [0.15, 0.2) is 26.1 Å². The fourth-order valence-electron chi connectivity index (χ4n) is 1.26. The van der Waals surface area contributed by atoms with E-state index < -0.39 is 0 Å². The molecule has 2 aromatic rings. The van der Waals surface area contributed by atoms with Gasteiger partial charge >= 0.3 is 0 Å². The number of rotatable bonds is 5. The van der Waals surface area contributed by atoms with Gasteiger partial charge in [0, 0.05) is 12.5 Å². The van der Waals surface area contributed by atoms with Gasteiger partial charge in [-0.2, -0.15) is 4.98 Å². The van der Waals surface area contributed by atoms with Crippen molar-refractivity contribution in [2.24, 2.45) is 0 Å². The van der Waals surface area contributed by atoms with Crippen LogP contribution in [0.4, 0.5) is 0 Å². The Morgan fingerprint density at radius 1 is 1.50 bits per heavy atom. The van der Waals surface area contributed by atoms with E-state index in [2.05, 4.69) is 10.1 Å². The molecule has 0 atom stereocenters. The molecule has 0 aromatic carbocycles. The minimum atomic E-state index is -0.375. The molecule has 2 heterocycles. The molecule has 0 fully saturated rings. The summed E-state index contributed by atoms with van der Waals surface area (Å²) in [6.45, 7) is 1.56. The molecule has 0 aliphatic heterocycles. The van der Waals surface area contributed by atoms with Crippen molar-refractivity contribution in [2.75, 3.05) is 0 Å². The highest BCUT2D eigenvalue weighted by Crippen LogP contribution is 2.08. The van der Waals surface area contributed by atoms with Crippen molar-refractivity contribution in [1.29, 1.82) is 0 Å². The Kier molecular flexibility index (Phi) is 3.73. The Morgan fingerprint density at radius 3 is 2.94 bits per heavy atom. The average molecular weight is 252 g/mol. The van der Waals surface area contributed by atoms with Crippen molar-refractivity contribution >= 4 is 0 Å². The van der Waals surface area contributed by atoms with Gasteiger partial charge in [0.05, 0.1) is 0 Å². The van der Waals surface area contributed by atoms with E-state index in [1.54, 1.807) is 0 Å². The van der Waals surface area contributed by atoms with Gasteiger partial charge in [-0.1, -0.05) is 12.1 Å². The van der Waals surface area contributed by atoms with Gasteiger partial charge in [0.25, 0.3) is 5.89 Å². The maximum absolute atomic E-state index is 11.5. The SMILES string of the molecule is CCc1noc(COc2coc(CO)cc2=O)n1. The molecule has 2 rings (SSSR count). The molecule has 2 aromatic heterocycles. The summed E-state index contributed by atoms with van der Waals surface area (Å²) >= 11 is 0. The summed E-state index contributed by atoms with van der Waals surface area (Å²) < 4.78 is 15.1. The maximum Gasteiger partial charge on any atom is 0.264 e. The molecule has 1 N–H and O–H groups in total. The fourth-order valence-corrected chi connectivity index (χ4v) is 1.26. The number of hydrogen-bond donors (Lipinski definition) is 1. The lowest BCUT2D eigenvalue weighted by molar-refractivity contribution is 0.222. The van der Waals surface area contributed by atoms with Crippen LogP contribution in [0, 0.1) is 0 Å². The van der Waals surface area contributed by atoms with E-state index in [0.717, 1.165) is 6.26 Å². The first-order valence-corrected chi connectivity index (χ1v) is 5.39. The van der Waals surface area contributed by atoms with Crippen LogP contribution < -0.4 is 10.2 Å². The highest BCUT2D eigenvalue weighted by Gasteiger charge is 2.08. The summed E-state index contributed by atoms with van der Waals surface area (Å²) in [5.74, 6) is 1.08. The smallest absolute Gasteiger partial charge is 0.264 e. The molecule has 96 valence electrons. The highest BCUT2D eigenvalue weighted by molar-refractivity contribution is 5.17. The molecule has 0 aliphatic rings. The van der Waals surface area contributed by atoms with Crippen LogP contribution in [0.2, 0.25) is 0 Å². The van der Waals surface area contributed by atoms with E-state index in [1.165, 1.54) is 6.07 Å². The molecular weight excluding hydrogens is 240 g/mol. The maximum atomic E-state index is 11.5. The molecular formula is C11H12N2O5. The zero-order valence-electron chi connectivity index (χ0n) is 9.75. The molecule has 0 saturated carbocycles. The summed E-state index contributed by atoms with van der Waals surface area (Å²) in [5.41, 5.74) is -0.375. The second kappa shape index (κ2) is 5.46. The molecule has 7 heteroatoms. The zero-order chi connectivity index (χ0) is 13.0. The number of aliphatic hydroxyl groups excluding tert-OH is 1. The van der Waals surface area contributed by atoms with Gasteiger partial charge in [0.15, 0.2) is 12.4 Å². The summed E-state index contributed by atoms with van der Waals surface area (Å²) in [5, 5.41) is 12.5. The predicted octanol–water partition coefficient (Wildman–Crippen LogP) is 0.657. The number of aryl methyl sites for hydroxylation is 1. The first-order valence-electron chi connectivity index (χ1n) is 5.39. The number of aromatic nitrogens is 2. The second-order valence-electron chi connectivity index (χ2n) is 3.48. The van der Waals surface area contributed by atoms with Gasteiger partial charge in [0.2, 0.25) is 11.2 Å². The summed E-state index contributed by atoms with van der Waals surface area (Å²) in [7, 11) is 0. The van der Waals surface area contributed by atoms with Crippen molar-refractivity contribution in [3.05, 3.63) is 40.0 Å². The molecule has 0 radical (unpaired) electrons. The molecule has 0 aliphatic carbocycles. The van der Waals surface area contributed by atoms with Crippen molar-refractivity contribution in [2.45, 2.75) is 26.6 Å². The van der Waals surface area contributed by atoms with Crippen LogP contribution in [0.25, 0.3) is 0 Å². The van der Waals surface area contributed by atoms with Crippen LogP contribution in [0.5, 0.6) is 5.75 Å². The minimum Gasteiger partial charge on any atom is -0.477 e. The van der Waals surface area contributed by atoms with Crippen molar-refractivity contribution in [3.8, 4) is 5.75 Å². The van der Waals surface area contributed by atoms with Gasteiger partial charge < -0.3 is 18.8 Å². The second-order valence-corrected chi connectivity index (χ2v) is 3.48. The average Bonchev–Trinajstić information content (AvgIpc) is 2.85. The van der Waals surface area contributed by atoms with Gasteiger partial charge in [-0.05, 0) is 0 Å². The molecule has 0 unspecified atom stereocenters. The van der Waals surface area contributed by atoms with Crippen LogP contribution in [0.3, 0.4) is 0 Å². The fraction of sp³-hybridized carbons (Fsp3) is 0.364. The quantitative estimate of drug-likeness (QED) is 0.834. The first kappa shape index (κ1) is 12.3. The van der Waals surface area contributed by atoms with Crippen molar-refractivity contribution in [3.63, 3.8) is 0 Å². The van der Waals surface area contributed by atoms with Crippen molar-refractivity contribution in [1.82, 2.24) is 10.1 Å². The van der Waals surface area contributed by atoms with E-state index in [1.807, 2.05) is 6.92 Å². The third-order valence-electron chi connectivity index (χ3n) is 2.19.